The standard InChI is InChI=1S/C23H22ClFN2O3S/c1-2-16-5-9-19(10-6-16)27-23(28)21-15-20(11-12-22(21)25)31(29,30)26-14-13-17-3-7-18(24)8-4-17/h3-12,15,26H,2,13-14H2,1H3,(H,27,28). The predicted molar refractivity (Wildman–Crippen MR) is 121 cm³/mol. The van der Waals surface area contributed by atoms with Crippen LogP contribution in [0.15, 0.2) is 71.6 Å². The number of halogens is 2. The average Bonchev–Trinajstić information content (AvgIpc) is 2.75. The van der Waals surface area contributed by atoms with Crippen LogP contribution in [-0.2, 0) is 22.9 Å². The molecule has 0 heterocycles. The third kappa shape index (κ3) is 6.13. The fraction of sp³-hybridized carbons (Fsp3) is 0.174. The quantitative estimate of drug-likeness (QED) is 0.506. The second-order valence-electron chi connectivity index (χ2n) is 6.92. The second-order valence-corrected chi connectivity index (χ2v) is 9.12. The molecule has 3 rings (SSSR count). The molecule has 0 bridgehead atoms. The lowest BCUT2D eigenvalue weighted by atomic mass is 10.1. The zero-order chi connectivity index (χ0) is 22.4. The summed E-state index contributed by atoms with van der Waals surface area (Å²) >= 11 is 5.84. The van der Waals surface area contributed by atoms with Crippen molar-refractivity contribution in [3.05, 3.63) is 94.3 Å². The van der Waals surface area contributed by atoms with Crippen LogP contribution in [0.3, 0.4) is 0 Å². The zero-order valence-electron chi connectivity index (χ0n) is 16.9. The number of sulfonamides is 1. The Hall–Kier alpha value is -2.74. The van der Waals surface area contributed by atoms with Crippen molar-refractivity contribution in [2.75, 3.05) is 11.9 Å². The van der Waals surface area contributed by atoms with E-state index in [1.165, 1.54) is 0 Å². The van der Waals surface area contributed by atoms with Crippen molar-refractivity contribution < 1.29 is 17.6 Å². The van der Waals surface area contributed by atoms with Gasteiger partial charge in [0.25, 0.3) is 5.91 Å². The van der Waals surface area contributed by atoms with Gasteiger partial charge in [-0.3, -0.25) is 4.79 Å². The Morgan fingerprint density at radius 1 is 0.968 bits per heavy atom. The Kier molecular flexibility index (Phi) is 7.43. The van der Waals surface area contributed by atoms with E-state index < -0.39 is 21.7 Å². The molecule has 0 saturated heterocycles. The Balaban J connectivity index is 1.70. The van der Waals surface area contributed by atoms with Crippen molar-refractivity contribution in [1.29, 1.82) is 0 Å². The van der Waals surface area contributed by atoms with Crippen LogP contribution in [0, 0.1) is 5.82 Å². The fourth-order valence-electron chi connectivity index (χ4n) is 2.93. The van der Waals surface area contributed by atoms with Gasteiger partial charge in [0.1, 0.15) is 5.82 Å². The van der Waals surface area contributed by atoms with Crippen LogP contribution in [0.2, 0.25) is 5.02 Å². The molecule has 162 valence electrons. The van der Waals surface area contributed by atoms with Crippen LogP contribution in [0.1, 0.15) is 28.4 Å². The maximum absolute atomic E-state index is 14.2. The van der Waals surface area contributed by atoms with Crippen LogP contribution in [0.25, 0.3) is 0 Å². The summed E-state index contributed by atoms with van der Waals surface area (Å²) < 4.78 is 41.9. The van der Waals surface area contributed by atoms with Crippen molar-refractivity contribution >= 4 is 33.2 Å². The molecule has 0 fully saturated rings. The minimum Gasteiger partial charge on any atom is -0.322 e. The van der Waals surface area contributed by atoms with Crippen molar-refractivity contribution in [2.24, 2.45) is 0 Å². The van der Waals surface area contributed by atoms with Gasteiger partial charge in [-0.25, -0.2) is 17.5 Å². The normalized spacial score (nSPS) is 11.3. The van der Waals surface area contributed by atoms with E-state index in [-0.39, 0.29) is 17.0 Å². The highest BCUT2D eigenvalue weighted by atomic mass is 35.5. The molecule has 2 N–H and O–H groups in total. The third-order valence-electron chi connectivity index (χ3n) is 4.73. The van der Waals surface area contributed by atoms with Gasteiger partial charge in [-0.2, -0.15) is 0 Å². The van der Waals surface area contributed by atoms with Gasteiger partial charge >= 0.3 is 0 Å². The molecule has 1 amide bonds. The fourth-order valence-corrected chi connectivity index (χ4v) is 4.12. The van der Waals surface area contributed by atoms with Crippen LogP contribution in [-0.4, -0.2) is 20.9 Å². The first kappa shape index (κ1) is 22.9. The molecule has 0 aliphatic carbocycles. The zero-order valence-corrected chi connectivity index (χ0v) is 18.4. The summed E-state index contributed by atoms with van der Waals surface area (Å²) in [4.78, 5) is 12.3. The summed E-state index contributed by atoms with van der Waals surface area (Å²) in [5, 5.41) is 3.19. The van der Waals surface area contributed by atoms with E-state index in [9.17, 15) is 17.6 Å². The van der Waals surface area contributed by atoms with Crippen molar-refractivity contribution in [2.45, 2.75) is 24.7 Å². The molecule has 0 spiro atoms. The van der Waals surface area contributed by atoms with Gasteiger partial charge < -0.3 is 5.32 Å². The minimum atomic E-state index is -3.92. The molecule has 0 aromatic heterocycles. The molecule has 31 heavy (non-hydrogen) atoms. The number of amides is 1. The highest BCUT2D eigenvalue weighted by Gasteiger charge is 2.19. The van der Waals surface area contributed by atoms with E-state index in [1.54, 1.807) is 24.3 Å². The van der Waals surface area contributed by atoms with Crippen LogP contribution >= 0.6 is 11.6 Å². The van der Waals surface area contributed by atoms with Gasteiger partial charge in [-0.05, 0) is 66.4 Å². The lowest BCUT2D eigenvalue weighted by Gasteiger charge is -2.10. The molecule has 0 radical (unpaired) electrons. The van der Waals surface area contributed by atoms with Gasteiger partial charge in [0.05, 0.1) is 10.5 Å². The molecule has 0 unspecified atom stereocenters. The van der Waals surface area contributed by atoms with Crippen LogP contribution < -0.4 is 10.0 Å². The monoisotopic (exact) mass is 460 g/mol. The van der Waals surface area contributed by atoms with E-state index in [2.05, 4.69) is 10.0 Å². The predicted octanol–water partition coefficient (Wildman–Crippen LogP) is 4.81. The lowest BCUT2D eigenvalue weighted by Crippen LogP contribution is -2.26. The Labute approximate surface area is 186 Å². The summed E-state index contributed by atoms with van der Waals surface area (Å²) in [6.07, 6.45) is 1.31. The SMILES string of the molecule is CCc1ccc(NC(=O)c2cc(S(=O)(=O)NCCc3ccc(Cl)cc3)ccc2F)cc1. The first-order valence-corrected chi connectivity index (χ1v) is 11.6. The summed E-state index contributed by atoms with van der Waals surface area (Å²) in [6.45, 7) is 2.16. The first-order valence-electron chi connectivity index (χ1n) is 9.72. The van der Waals surface area contributed by atoms with Gasteiger partial charge in [-0.1, -0.05) is 42.8 Å². The molecule has 0 aliphatic rings. The number of hydrogen-bond donors (Lipinski definition) is 2. The molecule has 5 nitrogen and oxygen atoms in total. The maximum atomic E-state index is 14.2. The highest BCUT2D eigenvalue weighted by molar-refractivity contribution is 7.89. The van der Waals surface area contributed by atoms with E-state index in [0.29, 0.717) is 17.1 Å². The average molecular weight is 461 g/mol. The van der Waals surface area contributed by atoms with Gasteiger partial charge in [0.2, 0.25) is 10.0 Å². The number of carbonyl (C=O) groups excluding carboxylic acids is 1. The number of carbonyl (C=O) groups is 1. The van der Waals surface area contributed by atoms with Crippen molar-refractivity contribution in [3.8, 4) is 0 Å². The van der Waals surface area contributed by atoms with Crippen LogP contribution in [0.5, 0.6) is 0 Å². The van der Waals surface area contributed by atoms with E-state index in [4.69, 9.17) is 11.6 Å². The Bertz CT molecular complexity index is 1160. The first-order chi connectivity index (χ1) is 14.8. The maximum Gasteiger partial charge on any atom is 0.258 e. The summed E-state index contributed by atoms with van der Waals surface area (Å²) in [5.74, 6) is -1.53. The van der Waals surface area contributed by atoms with Crippen molar-refractivity contribution in [3.63, 3.8) is 0 Å². The van der Waals surface area contributed by atoms with Gasteiger partial charge in [-0.15, -0.1) is 0 Å². The van der Waals surface area contributed by atoms with E-state index in [1.807, 2.05) is 31.2 Å². The Morgan fingerprint density at radius 3 is 2.26 bits per heavy atom. The van der Waals surface area contributed by atoms with Gasteiger partial charge in [0, 0.05) is 17.3 Å². The smallest absolute Gasteiger partial charge is 0.258 e. The summed E-state index contributed by atoms with van der Waals surface area (Å²) in [5.41, 5.74) is 2.17. The number of hydrogen-bond acceptors (Lipinski definition) is 3. The topological polar surface area (TPSA) is 75.3 Å². The number of nitrogens with one attached hydrogen (secondary N) is 2. The Morgan fingerprint density at radius 2 is 1.61 bits per heavy atom. The van der Waals surface area contributed by atoms with Crippen LogP contribution in [0.4, 0.5) is 10.1 Å². The second kappa shape index (κ2) is 10.0. The summed E-state index contributed by atoms with van der Waals surface area (Å²) in [7, 11) is -3.92. The third-order valence-corrected chi connectivity index (χ3v) is 6.44. The summed E-state index contributed by atoms with van der Waals surface area (Å²) in [6, 6.07) is 17.4. The van der Waals surface area contributed by atoms with E-state index in [0.717, 1.165) is 35.7 Å². The molecule has 0 saturated carbocycles. The molecule has 3 aromatic rings. The number of benzene rings is 3. The lowest BCUT2D eigenvalue weighted by molar-refractivity contribution is 0.102. The molecule has 8 heteroatoms. The van der Waals surface area contributed by atoms with E-state index >= 15 is 0 Å². The van der Waals surface area contributed by atoms with Gasteiger partial charge in [0.15, 0.2) is 0 Å². The molecular weight excluding hydrogens is 439 g/mol. The number of anilines is 1. The highest BCUT2D eigenvalue weighted by Crippen LogP contribution is 2.18. The molecule has 0 atom stereocenters. The van der Waals surface area contributed by atoms with Crippen molar-refractivity contribution in [1.82, 2.24) is 4.72 Å². The molecule has 0 aliphatic heterocycles. The number of rotatable bonds is 8. The number of aryl methyl sites for hydroxylation is 1. The molecular formula is C23H22ClFN2O3S. The minimum absolute atomic E-state index is 0.145. The largest absolute Gasteiger partial charge is 0.322 e. The molecule has 3 aromatic carbocycles.